The molecule has 0 unspecified atom stereocenters. The van der Waals surface area contributed by atoms with E-state index >= 15 is 0 Å². The summed E-state index contributed by atoms with van der Waals surface area (Å²) in [7, 11) is 0. The van der Waals surface area contributed by atoms with Crippen LogP contribution < -0.4 is 5.32 Å². The zero-order valence-electron chi connectivity index (χ0n) is 18.1. The predicted octanol–water partition coefficient (Wildman–Crippen LogP) is 4.35. The van der Waals surface area contributed by atoms with Crippen molar-refractivity contribution in [2.24, 2.45) is 0 Å². The smallest absolute Gasteiger partial charge is 0.253 e. The van der Waals surface area contributed by atoms with Gasteiger partial charge >= 0.3 is 0 Å². The fourth-order valence-electron chi connectivity index (χ4n) is 3.97. The first-order valence-electron chi connectivity index (χ1n) is 11.1. The molecular weight excluding hydrogens is 400 g/mol. The number of hydrogen-bond acceptors (Lipinski definition) is 3. The fraction of sp³-hybridized carbons (Fsp3) is 0.259. The van der Waals surface area contributed by atoms with E-state index in [9.17, 15) is 9.59 Å². The van der Waals surface area contributed by atoms with Gasteiger partial charge in [-0.15, -0.1) is 0 Å². The van der Waals surface area contributed by atoms with Gasteiger partial charge in [0.15, 0.2) is 0 Å². The minimum Gasteiger partial charge on any atom is -0.359 e. The van der Waals surface area contributed by atoms with Crippen LogP contribution in [0.3, 0.4) is 0 Å². The maximum Gasteiger partial charge on any atom is 0.253 e. The Bertz CT molecular complexity index is 992. The van der Waals surface area contributed by atoms with Crippen molar-refractivity contribution in [1.29, 1.82) is 0 Å². The normalized spacial score (nSPS) is 13.3. The van der Waals surface area contributed by atoms with E-state index in [-0.39, 0.29) is 24.5 Å². The molecule has 1 saturated heterocycles. The van der Waals surface area contributed by atoms with Crippen molar-refractivity contribution in [3.05, 3.63) is 107 Å². The predicted molar refractivity (Wildman–Crippen MR) is 124 cm³/mol. The summed E-state index contributed by atoms with van der Waals surface area (Å²) in [5, 5.41) is 2.90. The first-order chi connectivity index (χ1) is 15.7. The Morgan fingerprint density at radius 3 is 2.09 bits per heavy atom. The van der Waals surface area contributed by atoms with Crippen molar-refractivity contribution in [1.82, 2.24) is 10.2 Å². The average molecular weight is 429 g/mol. The maximum absolute atomic E-state index is 12.6. The second-order valence-electron chi connectivity index (χ2n) is 7.99. The molecule has 1 N–H and O–H groups in total. The minimum absolute atomic E-state index is 0.0547. The van der Waals surface area contributed by atoms with E-state index in [4.69, 9.17) is 4.74 Å². The van der Waals surface area contributed by atoms with Gasteiger partial charge in [-0.2, -0.15) is 0 Å². The summed E-state index contributed by atoms with van der Waals surface area (Å²) >= 11 is 0. The van der Waals surface area contributed by atoms with Crippen molar-refractivity contribution in [2.45, 2.75) is 25.5 Å². The summed E-state index contributed by atoms with van der Waals surface area (Å²) in [6.45, 7) is 1.94. The van der Waals surface area contributed by atoms with E-state index in [1.54, 1.807) is 0 Å². The van der Waals surface area contributed by atoms with E-state index in [0.717, 1.165) is 42.6 Å². The average Bonchev–Trinajstić information content (AvgIpc) is 3.39. The van der Waals surface area contributed by atoms with Gasteiger partial charge < -0.3 is 15.0 Å². The Hall–Kier alpha value is -3.44. The van der Waals surface area contributed by atoms with Crippen molar-refractivity contribution in [3.63, 3.8) is 0 Å². The number of rotatable bonds is 8. The van der Waals surface area contributed by atoms with E-state index < -0.39 is 0 Å². The molecule has 164 valence electrons. The first-order valence-corrected chi connectivity index (χ1v) is 11.1. The highest BCUT2D eigenvalue weighted by atomic mass is 16.5. The Morgan fingerprint density at radius 2 is 1.47 bits per heavy atom. The monoisotopic (exact) mass is 428 g/mol. The zero-order valence-corrected chi connectivity index (χ0v) is 18.1. The number of nitrogens with zero attached hydrogens (tertiary/aromatic N) is 1. The van der Waals surface area contributed by atoms with Crippen LogP contribution in [0.5, 0.6) is 0 Å². The van der Waals surface area contributed by atoms with Crippen LogP contribution in [0, 0.1) is 0 Å². The van der Waals surface area contributed by atoms with E-state index in [0.29, 0.717) is 12.1 Å². The number of benzene rings is 3. The molecule has 2 amide bonds. The number of amides is 2. The van der Waals surface area contributed by atoms with Crippen molar-refractivity contribution in [3.8, 4) is 0 Å². The van der Waals surface area contributed by atoms with E-state index in [2.05, 4.69) is 5.32 Å². The highest BCUT2D eigenvalue weighted by Crippen LogP contribution is 2.25. The summed E-state index contributed by atoms with van der Waals surface area (Å²) in [6, 6.07) is 27.2. The lowest BCUT2D eigenvalue weighted by Crippen LogP contribution is -2.29. The Morgan fingerprint density at radius 1 is 0.844 bits per heavy atom. The number of hydrogen-bond donors (Lipinski definition) is 1. The molecule has 3 aromatic rings. The largest absolute Gasteiger partial charge is 0.359 e. The summed E-state index contributed by atoms with van der Waals surface area (Å²) in [5.74, 6) is -0.134. The van der Waals surface area contributed by atoms with Crippen LogP contribution in [-0.2, 0) is 16.1 Å². The van der Waals surface area contributed by atoms with Gasteiger partial charge in [0.25, 0.3) is 5.91 Å². The van der Waals surface area contributed by atoms with Gasteiger partial charge in [0.1, 0.15) is 12.7 Å². The Kier molecular flexibility index (Phi) is 7.31. The van der Waals surface area contributed by atoms with Gasteiger partial charge in [0.05, 0.1) is 0 Å². The molecule has 5 nitrogen and oxygen atoms in total. The quantitative estimate of drug-likeness (QED) is 0.581. The lowest BCUT2D eigenvalue weighted by atomic mass is 10.0. The van der Waals surface area contributed by atoms with Crippen LogP contribution in [0.25, 0.3) is 0 Å². The zero-order chi connectivity index (χ0) is 22.2. The molecule has 0 atom stereocenters. The maximum atomic E-state index is 12.6. The third-order valence-corrected chi connectivity index (χ3v) is 5.64. The molecule has 1 aliphatic heterocycles. The third-order valence-electron chi connectivity index (χ3n) is 5.64. The summed E-state index contributed by atoms with van der Waals surface area (Å²) in [5.41, 5.74) is 3.56. The lowest BCUT2D eigenvalue weighted by Gasteiger charge is -2.19. The molecule has 0 aliphatic carbocycles. The van der Waals surface area contributed by atoms with Crippen molar-refractivity contribution in [2.75, 3.05) is 19.7 Å². The Labute approximate surface area is 189 Å². The first kappa shape index (κ1) is 21.8. The third kappa shape index (κ3) is 5.62. The van der Waals surface area contributed by atoms with Crippen LogP contribution in [0.4, 0.5) is 0 Å². The number of carbonyl (C=O) groups excluding carboxylic acids is 2. The molecule has 4 rings (SSSR count). The highest BCUT2D eigenvalue weighted by Gasteiger charge is 2.20. The molecule has 0 aromatic heterocycles. The number of likely N-dealkylation sites (tertiary alicyclic amines) is 1. The standard InChI is InChI=1S/C27H28N2O3/c30-25(20-32-26(22-11-3-1-4-12-22)23-13-5-2-6-14-23)28-19-21-10-9-15-24(18-21)27(31)29-16-7-8-17-29/h1-6,9-15,18,26H,7-8,16-17,19-20H2,(H,28,30). The van der Waals surface area contributed by atoms with E-state index in [1.165, 1.54) is 0 Å². The fourth-order valence-corrected chi connectivity index (χ4v) is 3.97. The molecule has 0 radical (unpaired) electrons. The molecular formula is C27H28N2O3. The van der Waals surface area contributed by atoms with Crippen LogP contribution in [0.1, 0.15) is 46.0 Å². The van der Waals surface area contributed by atoms with Crippen LogP contribution in [-0.4, -0.2) is 36.4 Å². The molecule has 0 spiro atoms. The summed E-state index contributed by atoms with van der Waals surface area (Å²) in [6.07, 6.45) is 1.81. The summed E-state index contributed by atoms with van der Waals surface area (Å²) < 4.78 is 6.02. The molecule has 0 saturated carbocycles. The van der Waals surface area contributed by atoms with Gasteiger partial charge in [-0.05, 0) is 41.7 Å². The number of nitrogens with one attached hydrogen (secondary N) is 1. The van der Waals surface area contributed by atoms with Gasteiger partial charge in [-0.25, -0.2) is 0 Å². The van der Waals surface area contributed by atoms with Crippen LogP contribution in [0.2, 0.25) is 0 Å². The molecule has 1 aliphatic rings. The minimum atomic E-state index is -0.315. The highest BCUT2D eigenvalue weighted by molar-refractivity contribution is 5.94. The van der Waals surface area contributed by atoms with Crippen LogP contribution >= 0.6 is 0 Å². The molecule has 0 bridgehead atoms. The molecule has 5 heteroatoms. The van der Waals surface area contributed by atoms with Gasteiger partial charge in [0, 0.05) is 25.2 Å². The van der Waals surface area contributed by atoms with Crippen LogP contribution in [0.15, 0.2) is 84.9 Å². The second kappa shape index (κ2) is 10.7. The topological polar surface area (TPSA) is 58.6 Å². The second-order valence-corrected chi connectivity index (χ2v) is 7.99. The molecule has 32 heavy (non-hydrogen) atoms. The summed E-state index contributed by atoms with van der Waals surface area (Å²) in [4.78, 5) is 27.0. The molecule has 1 heterocycles. The van der Waals surface area contributed by atoms with Crippen molar-refractivity contribution >= 4 is 11.8 Å². The van der Waals surface area contributed by atoms with E-state index in [1.807, 2.05) is 89.8 Å². The lowest BCUT2D eigenvalue weighted by molar-refractivity contribution is -0.127. The van der Waals surface area contributed by atoms with Crippen molar-refractivity contribution < 1.29 is 14.3 Å². The van der Waals surface area contributed by atoms with Gasteiger partial charge in [-0.1, -0.05) is 72.8 Å². The molecule has 1 fully saturated rings. The number of carbonyl (C=O) groups is 2. The van der Waals surface area contributed by atoms with Gasteiger partial charge in [-0.3, -0.25) is 9.59 Å². The molecule has 3 aromatic carbocycles. The Balaban J connectivity index is 1.34. The SMILES string of the molecule is O=C(COC(c1ccccc1)c1ccccc1)NCc1cccc(C(=O)N2CCCC2)c1. The van der Waals surface area contributed by atoms with Gasteiger partial charge in [0.2, 0.25) is 5.91 Å². The number of ether oxygens (including phenoxy) is 1.